The lowest BCUT2D eigenvalue weighted by molar-refractivity contribution is 0.476. The highest BCUT2D eigenvalue weighted by Gasteiger charge is 2.39. The Kier molecular flexibility index (Phi) is 7.69. The fraction of sp³-hybridized carbons (Fsp3) is 0.0833. The van der Waals surface area contributed by atoms with Gasteiger partial charge in [0.1, 0.15) is 0 Å². The summed E-state index contributed by atoms with van der Waals surface area (Å²) in [6.07, 6.45) is 0. The fourth-order valence-corrected chi connectivity index (χ4v) is 7.62. The van der Waals surface area contributed by atoms with E-state index in [2.05, 4.69) is 73.0 Å². The minimum atomic E-state index is -0.459. The molecule has 0 aromatic heterocycles. The third kappa shape index (κ3) is 5.32. The van der Waals surface area contributed by atoms with E-state index in [9.17, 15) is 10.5 Å². The van der Waals surface area contributed by atoms with E-state index in [0.717, 1.165) is 84.9 Å². The first-order valence-electron chi connectivity index (χ1n) is 17.9. The van der Waals surface area contributed by atoms with Crippen LogP contribution >= 0.6 is 0 Å². The Morgan fingerprint density at radius 3 is 1.06 bits per heavy atom. The first-order valence-corrected chi connectivity index (χ1v) is 17.9. The number of para-hydroxylation sites is 8. The number of hydrogen-bond acceptors (Lipinski definition) is 6. The number of fused-ring (bicyclic) bond motifs is 4. The van der Waals surface area contributed by atoms with Crippen molar-refractivity contribution in [1.82, 2.24) is 0 Å². The molecule has 0 unspecified atom stereocenters. The van der Waals surface area contributed by atoms with Gasteiger partial charge in [0.2, 0.25) is 0 Å². The molecule has 0 saturated heterocycles. The van der Waals surface area contributed by atoms with Gasteiger partial charge in [-0.05, 0) is 95.4 Å². The van der Waals surface area contributed by atoms with E-state index < -0.39 is 5.41 Å². The second-order valence-electron chi connectivity index (χ2n) is 14.4. The zero-order chi connectivity index (χ0) is 37.0. The van der Waals surface area contributed by atoms with Crippen LogP contribution in [0.3, 0.4) is 0 Å². The maximum absolute atomic E-state index is 9.79. The van der Waals surface area contributed by atoms with Gasteiger partial charge < -0.3 is 19.3 Å². The molecule has 258 valence electrons. The molecule has 0 amide bonds. The maximum atomic E-state index is 9.79. The molecule has 0 atom stereocenters. The Morgan fingerprint density at radius 1 is 0.444 bits per heavy atom. The molecule has 0 saturated carbocycles. The normalized spacial score (nSPS) is 12.5. The summed E-state index contributed by atoms with van der Waals surface area (Å²) in [4.78, 5) is 4.68. The third-order valence-electron chi connectivity index (χ3n) is 9.98. The van der Waals surface area contributed by atoms with Gasteiger partial charge in [-0.1, -0.05) is 93.6 Å². The van der Waals surface area contributed by atoms with Gasteiger partial charge in [-0.25, -0.2) is 0 Å². The Morgan fingerprint density at radius 2 is 0.759 bits per heavy atom. The van der Waals surface area contributed by atoms with Gasteiger partial charge in [0, 0.05) is 16.7 Å². The lowest BCUT2D eigenvalue weighted by Crippen LogP contribution is -2.27. The van der Waals surface area contributed by atoms with Crippen LogP contribution in [-0.2, 0) is 5.41 Å². The third-order valence-corrected chi connectivity index (χ3v) is 9.98. The highest BCUT2D eigenvalue weighted by Crippen LogP contribution is 2.61. The Balaban J connectivity index is 1.50. The number of nitrogens with zero attached hydrogens (tertiary/aromatic N) is 4. The van der Waals surface area contributed by atoms with Gasteiger partial charge in [0.15, 0.2) is 23.0 Å². The summed E-state index contributed by atoms with van der Waals surface area (Å²) in [5.74, 6) is 3.01. The fourth-order valence-electron chi connectivity index (χ4n) is 7.62. The summed E-state index contributed by atoms with van der Waals surface area (Å²) in [5.41, 5.74) is 11.3. The first kappa shape index (κ1) is 32.6. The van der Waals surface area contributed by atoms with Gasteiger partial charge in [-0.15, -0.1) is 0 Å². The zero-order valence-corrected chi connectivity index (χ0v) is 30.0. The van der Waals surface area contributed by atoms with Crippen molar-refractivity contribution in [3.63, 3.8) is 0 Å². The van der Waals surface area contributed by atoms with E-state index in [0.29, 0.717) is 11.1 Å². The predicted octanol–water partition coefficient (Wildman–Crippen LogP) is 13.2. The average Bonchev–Trinajstić information content (AvgIpc) is 3.21. The van der Waals surface area contributed by atoms with Gasteiger partial charge in [-0.3, -0.25) is 0 Å². The number of anilines is 6. The van der Waals surface area contributed by atoms with Crippen molar-refractivity contribution >= 4 is 34.1 Å². The number of ether oxygens (including phenoxy) is 2. The lowest BCUT2D eigenvalue weighted by atomic mass is 9.78. The minimum Gasteiger partial charge on any atom is -0.453 e. The second-order valence-corrected chi connectivity index (χ2v) is 14.4. The summed E-state index contributed by atoms with van der Waals surface area (Å²) in [6, 6.07) is 55.1. The van der Waals surface area contributed by atoms with Gasteiger partial charge in [-0.2, -0.15) is 10.5 Å². The molecular formula is C48H34N4O2. The first-order chi connectivity index (χ1) is 26.3. The van der Waals surface area contributed by atoms with E-state index in [1.54, 1.807) is 0 Å². The molecule has 6 heteroatoms. The summed E-state index contributed by atoms with van der Waals surface area (Å²) in [5, 5.41) is 19.6. The SMILES string of the molecule is CC(C)(C)c1c(N2c3ccccc3Oc3ccccc32)c(-c2ccc(C#N)cc2)cc(-c2ccc(C#N)cc2)c1N1c2ccccc2Oc2ccccc21. The number of nitriles is 2. The van der Waals surface area contributed by atoms with Crippen LogP contribution in [0.4, 0.5) is 34.1 Å². The molecule has 0 bridgehead atoms. The molecule has 0 N–H and O–H groups in total. The molecule has 54 heavy (non-hydrogen) atoms. The molecule has 0 aliphatic carbocycles. The maximum Gasteiger partial charge on any atom is 0.151 e. The van der Waals surface area contributed by atoms with E-state index in [-0.39, 0.29) is 0 Å². The van der Waals surface area contributed by atoms with Crippen LogP contribution in [0.1, 0.15) is 37.5 Å². The highest BCUT2D eigenvalue weighted by atomic mass is 16.5. The van der Waals surface area contributed by atoms with Crippen LogP contribution in [0.15, 0.2) is 152 Å². The molecule has 6 nitrogen and oxygen atoms in total. The summed E-state index contributed by atoms with van der Waals surface area (Å²) in [6.45, 7) is 6.78. The van der Waals surface area contributed by atoms with E-state index in [4.69, 9.17) is 9.47 Å². The Hall–Kier alpha value is -7.28. The highest BCUT2D eigenvalue weighted by molar-refractivity contribution is 6.05. The lowest BCUT2D eigenvalue weighted by Gasteiger charge is -2.42. The summed E-state index contributed by atoms with van der Waals surface area (Å²) in [7, 11) is 0. The molecule has 7 aromatic carbocycles. The number of hydrogen-bond donors (Lipinski definition) is 0. The van der Waals surface area contributed by atoms with Crippen LogP contribution in [0.5, 0.6) is 23.0 Å². The van der Waals surface area contributed by atoms with Crippen molar-refractivity contribution in [3.8, 4) is 57.4 Å². The zero-order valence-electron chi connectivity index (χ0n) is 30.0. The van der Waals surface area contributed by atoms with Crippen molar-refractivity contribution in [2.75, 3.05) is 9.80 Å². The number of rotatable bonds is 4. The average molecular weight is 699 g/mol. The van der Waals surface area contributed by atoms with Crippen LogP contribution < -0.4 is 19.3 Å². The summed E-state index contributed by atoms with van der Waals surface area (Å²) < 4.78 is 13.1. The van der Waals surface area contributed by atoms with Crippen molar-refractivity contribution in [2.45, 2.75) is 26.2 Å². The van der Waals surface area contributed by atoms with Crippen molar-refractivity contribution in [2.24, 2.45) is 0 Å². The van der Waals surface area contributed by atoms with E-state index in [1.807, 2.05) is 121 Å². The van der Waals surface area contributed by atoms with Crippen LogP contribution in [0, 0.1) is 22.7 Å². The molecule has 7 aromatic rings. The van der Waals surface area contributed by atoms with Crippen LogP contribution in [0.25, 0.3) is 22.3 Å². The molecule has 0 fully saturated rings. The molecular weight excluding hydrogens is 665 g/mol. The van der Waals surface area contributed by atoms with Crippen molar-refractivity contribution in [1.29, 1.82) is 10.5 Å². The molecule has 2 aliphatic heterocycles. The summed E-state index contributed by atoms with van der Waals surface area (Å²) >= 11 is 0. The van der Waals surface area contributed by atoms with Crippen molar-refractivity contribution < 1.29 is 9.47 Å². The molecule has 9 rings (SSSR count). The monoisotopic (exact) mass is 698 g/mol. The van der Waals surface area contributed by atoms with E-state index in [1.165, 1.54) is 0 Å². The quantitative estimate of drug-likeness (QED) is 0.182. The molecule has 0 radical (unpaired) electrons. The molecule has 2 aliphatic rings. The largest absolute Gasteiger partial charge is 0.453 e. The van der Waals surface area contributed by atoms with Crippen LogP contribution in [-0.4, -0.2) is 0 Å². The Bertz CT molecular complexity index is 2410. The van der Waals surface area contributed by atoms with Crippen LogP contribution in [0.2, 0.25) is 0 Å². The van der Waals surface area contributed by atoms with E-state index >= 15 is 0 Å². The van der Waals surface area contributed by atoms with Gasteiger partial charge in [0.05, 0.1) is 57.4 Å². The predicted molar refractivity (Wildman–Crippen MR) is 215 cm³/mol. The van der Waals surface area contributed by atoms with Gasteiger partial charge in [0.25, 0.3) is 0 Å². The topological polar surface area (TPSA) is 72.5 Å². The smallest absolute Gasteiger partial charge is 0.151 e. The molecule has 2 heterocycles. The van der Waals surface area contributed by atoms with Gasteiger partial charge >= 0.3 is 0 Å². The second kappa shape index (κ2) is 12.7. The Labute approximate surface area is 314 Å². The van der Waals surface area contributed by atoms with Crippen molar-refractivity contribution in [3.05, 3.63) is 168 Å². The number of benzene rings is 7. The minimum absolute atomic E-state index is 0.459. The standard InChI is InChI=1S/C48H34N4O2/c1-48(2,3)45-46(51-37-12-4-8-16-41(37)53-42-17-9-5-13-38(42)51)35(33-24-20-31(29-49)21-25-33)28-36(34-26-22-32(30-50)23-27-34)47(45)52-39-14-6-10-18-43(39)54-44-19-11-7-15-40(44)52/h4-28H,1-3H3. The molecule has 0 spiro atoms.